The molecule has 12 heavy (non-hydrogen) atoms. The van der Waals surface area contributed by atoms with Crippen LogP contribution in [0.4, 0.5) is 0 Å². The summed E-state index contributed by atoms with van der Waals surface area (Å²) in [6, 6.07) is 2.09. The average Bonchev–Trinajstić information content (AvgIpc) is 2.15. The lowest BCUT2D eigenvalue weighted by atomic mass is 10.3. The highest BCUT2D eigenvalue weighted by Gasteiger charge is 2.18. The number of halogens is 1. The molecular weight excluding hydrogens is 176 g/mol. The van der Waals surface area contributed by atoms with Gasteiger partial charge in [-0.05, 0) is 0 Å². The molecule has 1 saturated heterocycles. The average molecular weight is 187 g/mol. The van der Waals surface area contributed by atoms with Crippen LogP contribution in [0.3, 0.4) is 0 Å². The predicted molar refractivity (Wildman–Crippen MR) is 46.8 cm³/mol. The number of hydrogen-bond acceptors (Lipinski definition) is 3. The molecular formula is C8H11ClN2O. The second kappa shape index (κ2) is 5.15. The van der Waals surface area contributed by atoms with Crippen molar-refractivity contribution in [2.24, 2.45) is 0 Å². The van der Waals surface area contributed by atoms with Gasteiger partial charge >= 0.3 is 0 Å². The Bertz CT molecular complexity index is 200. The van der Waals surface area contributed by atoms with Crippen LogP contribution >= 0.6 is 11.6 Å². The van der Waals surface area contributed by atoms with Crippen molar-refractivity contribution in [3.8, 4) is 6.07 Å². The summed E-state index contributed by atoms with van der Waals surface area (Å²) in [5.74, 6) is 0. The van der Waals surface area contributed by atoms with Gasteiger partial charge in [0.1, 0.15) is 0 Å². The van der Waals surface area contributed by atoms with Crippen molar-refractivity contribution < 1.29 is 4.74 Å². The van der Waals surface area contributed by atoms with Gasteiger partial charge in [0.05, 0.1) is 12.7 Å². The zero-order valence-corrected chi connectivity index (χ0v) is 7.50. The third-order valence-electron chi connectivity index (χ3n) is 1.75. The molecule has 0 amide bonds. The van der Waals surface area contributed by atoms with Crippen LogP contribution in [0.1, 0.15) is 0 Å². The molecule has 1 fully saturated rings. The first-order chi connectivity index (χ1) is 5.86. The van der Waals surface area contributed by atoms with E-state index < -0.39 is 0 Å². The standard InChI is InChI=1S/C8H11ClN2O/c9-2-1-3-11-4-5-12-8(6-10)7-11/h1-2,8H,3-5,7H2/b2-1+. The van der Waals surface area contributed by atoms with Crippen LogP contribution in [-0.2, 0) is 4.74 Å². The molecule has 1 unspecified atom stereocenters. The third-order valence-corrected chi connectivity index (χ3v) is 1.93. The maximum absolute atomic E-state index is 8.59. The first-order valence-corrected chi connectivity index (χ1v) is 4.29. The SMILES string of the molecule is N#CC1CN(C/C=C/Cl)CCO1. The largest absolute Gasteiger partial charge is 0.361 e. The smallest absolute Gasteiger partial charge is 0.156 e. The van der Waals surface area contributed by atoms with Crippen molar-refractivity contribution in [2.45, 2.75) is 6.10 Å². The van der Waals surface area contributed by atoms with Gasteiger partial charge in [-0.2, -0.15) is 5.26 Å². The quantitative estimate of drug-likeness (QED) is 0.645. The molecule has 0 aromatic rings. The van der Waals surface area contributed by atoms with E-state index in [1.807, 2.05) is 6.08 Å². The number of rotatable bonds is 2. The van der Waals surface area contributed by atoms with Gasteiger partial charge in [-0.25, -0.2) is 0 Å². The predicted octanol–water partition coefficient (Wildman–Crippen LogP) is 0.963. The summed E-state index contributed by atoms with van der Waals surface area (Å²) >= 11 is 5.39. The van der Waals surface area contributed by atoms with Crippen molar-refractivity contribution in [3.63, 3.8) is 0 Å². The molecule has 1 aliphatic rings. The normalized spacial score (nSPS) is 25.8. The van der Waals surface area contributed by atoms with E-state index >= 15 is 0 Å². The summed E-state index contributed by atoms with van der Waals surface area (Å²) in [7, 11) is 0. The Balaban J connectivity index is 2.31. The van der Waals surface area contributed by atoms with E-state index in [1.54, 1.807) is 0 Å². The van der Waals surface area contributed by atoms with Gasteiger partial charge in [-0.15, -0.1) is 0 Å². The van der Waals surface area contributed by atoms with E-state index in [0.29, 0.717) is 13.2 Å². The molecule has 0 bridgehead atoms. The van der Waals surface area contributed by atoms with Crippen LogP contribution in [0.15, 0.2) is 11.6 Å². The molecule has 0 radical (unpaired) electrons. The lowest BCUT2D eigenvalue weighted by Crippen LogP contribution is -2.41. The summed E-state index contributed by atoms with van der Waals surface area (Å²) in [5.41, 5.74) is 1.50. The molecule has 1 atom stereocenters. The maximum atomic E-state index is 8.59. The van der Waals surface area contributed by atoms with E-state index in [-0.39, 0.29) is 6.10 Å². The Morgan fingerprint density at radius 1 is 1.75 bits per heavy atom. The van der Waals surface area contributed by atoms with Gasteiger partial charge in [0, 0.05) is 25.2 Å². The molecule has 3 nitrogen and oxygen atoms in total. The van der Waals surface area contributed by atoms with Gasteiger partial charge in [0.15, 0.2) is 6.10 Å². The molecule has 66 valence electrons. The lowest BCUT2D eigenvalue weighted by molar-refractivity contribution is 0.00517. The fraction of sp³-hybridized carbons (Fsp3) is 0.625. The highest BCUT2D eigenvalue weighted by atomic mass is 35.5. The van der Waals surface area contributed by atoms with Crippen LogP contribution < -0.4 is 0 Å². The highest BCUT2D eigenvalue weighted by Crippen LogP contribution is 2.03. The minimum atomic E-state index is -0.275. The fourth-order valence-corrected chi connectivity index (χ4v) is 1.22. The molecule has 0 N–H and O–H groups in total. The minimum absolute atomic E-state index is 0.275. The second-order valence-electron chi connectivity index (χ2n) is 2.61. The van der Waals surface area contributed by atoms with E-state index in [9.17, 15) is 0 Å². The molecule has 1 aliphatic heterocycles. The molecule has 0 aliphatic carbocycles. The van der Waals surface area contributed by atoms with E-state index in [0.717, 1.165) is 13.1 Å². The van der Waals surface area contributed by atoms with Crippen LogP contribution in [0.2, 0.25) is 0 Å². The summed E-state index contributed by atoms with van der Waals surface area (Å²) in [5, 5.41) is 8.59. The third kappa shape index (κ3) is 2.82. The molecule has 0 spiro atoms. The molecule has 4 heteroatoms. The lowest BCUT2D eigenvalue weighted by Gasteiger charge is -2.28. The van der Waals surface area contributed by atoms with Gasteiger partial charge in [0.2, 0.25) is 0 Å². The number of hydrogen-bond donors (Lipinski definition) is 0. The highest BCUT2D eigenvalue weighted by molar-refractivity contribution is 6.25. The summed E-state index contributed by atoms with van der Waals surface area (Å²) in [6.45, 7) is 2.98. The summed E-state index contributed by atoms with van der Waals surface area (Å²) < 4.78 is 5.18. The monoisotopic (exact) mass is 186 g/mol. The van der Waals surface area contributed by atoms with Crippen LogP contribution in [0.5, 0.6) is 0 Å². The zero-order chi connectivity index (χ0) is 8.81. The Morgan fingerprint density at radius 2 is 2.58 bits per heavy atom. The summed E-state index contributed by atoms with van der Waals surface area (Å²) in [4.78, 5) is 2.14. The van der Waals surface area contributed by atoms with Crippen LogP contribution in [-0.4, -0.2) is 37.2 Å². The van der Waals surface area contributed by atoms with Gasteiger partial charge in [-0.3, -0.25) is 4.90 Å². The van der Waals surface area contributed by atoms with Gasteiger partial charge in [-0.1, -0.05) is 17.7 Å². The first-order valence-electron chi connectivity index (χ1n) is 3.85. The van der Waals surface area contributed by atoms with E-state index in [4.69, 9.17) is 21.6 Å². The van der Waals surface area contributed by atoms with Crippen molar-refractivity contribution in [3.05, 3.63) is 11.6 Å². The molecule has 1 rings (SSSR count). The van der Waals surface area contributed by atoms with Gasteiger partial charge < -0.3 is 4.74 Å². The zero-order valence-electron chi connectivity index (χ0n) is 6.74. The Kier molecular flexibility index (Phi) is 4.09. The van der Waals surface area contributed by atoms with E-state index in [1.165, 1.54) is 5.54 Å². The number of ether oxygens (including phenoxy) is 1. The number of nitrogens with zero attached hydrogens (tertiary/aromatic N) is 2. The minimum Gasteiger partial charge on any atom is -0.361 e. The topological polar surface area (TPSA) is 36.3 Å². The number of nitriles is 1. The fourth-order valence-electron chi connectivity index (χ4n) is 1.14. The van der Waals surface area contributed by atoms with E-state index in [2.05, 4.69) is 11.0 Å². The maximum Gasteiger partial charge on any atom is 0.156 e. The Labute approximate surface area is 77.2 Å². The van der Waals surface area contributed by atoms with Crippen LogP contribution in [0, 0.1) is 11.3 Å². The Morgan fingerprint density at radius 3 is 3.25 bits per heavy atom. The number of morpholine rings is 1. The van der Waals surface area contributed by atoms with Crippen molar-refractivity contribution in [1.82, 2.24) is 4.90 Å². The molecule has 1 heterocycles. The first kappa shape index (κ1) is 9.53. The van der Waals surface area contributed by atoms with Crippen LogP contribution in [0.25, 0.3) is 0 Å². The summed E-state index contributed by atoms with van der Waals surface area (Å²) in [6.07, 6.45) is 1.59. The molecule has 0 aromatic carbocycles. The van der Waals surface area contributed by atoms with Crippen molar-refractivity contribution in [2.75, 3.05) is 26.2 Å². The molecule has 0 saturated carbocycles. The second-order valence-corrected chi connectivity index (χ2v) is 2.86. The van der Waals surface area contributed by atoms with Gasteiger partial charge in [0.25, 0.3) is 0 Å². The van der Waals surface area contributed by atoms with Crippen molar-refractivity contribution >= 4 is 11.6 Å². The molecule has 0 aromatic heterocycles. The van der Waals surface area contributed by atoms with Crippen molar-refractivity contribution in [1.29, 1.82) is 5.26 Å². The Hall–Kier alpha value is -0.560.